The lowest BCUT2D eigenvalue weighted by molar-refractivity contribution is 0.576. The van der Waals surface area contributed by atoms with E-state index in [2.05, 4.69) is 15.1 Å². The van der Waals surface area contributed by atoms with Crippen molar-refractivity contribution in [1.82, 2.24) is 10.2 Å². The zero-order chi connectivity index (χ0) is 9.97. The van der Waals surface area contributed by atoms with E-state index in [0.717, 1.165) is 31.6 Å². The Bertz CT molecular complexity index is 371. The minimum atomic E-state index is -0.199. The zero-order valence-electron chi connectivity index (χ0n) is 7.79. The molecule has 0 atom stereocenters. The third-order valence-electron chi connectivity index (χ3n) is 2.44. The molecule has 0 saturated carbocycles. The first-order chi connectivity index (χ1) is 6.77. The second-order valence-electron chi connectivity index (χ2n) is 3.46. The molecular weight excluding hydrogens is 202 g/mol. The van der Waals surface area contributed by atoms with Crippen LogP contribution >= 0.6 is 11.6 Å². The molecule has 5 heteroatoms. The molecule has 76 valence electrons. The van der Waals surface area contributed by atoms with Crippen LogP contribution in [0.15, 0.2) is 10.9 Å². The number of nitrogens with zero attached hydrogens (tertiary/aromatic N) is 2. The van der Waals surface area contributed by atoms with Crippen LogP contribution in [0.5, 0.6) is 0 Å². The second kappa shape index (κ2) is 4.00. The highest BCUT2D eigenvalue weighted by Crippen LogP contribution is 2.23. The molecule has 1 saturated heterocycles. The number of piperidine rings is 1. The molecule has 1 aromatic heterocycles. The van der Waals surface area contributed by atoms with Crippen molar-refractivity contribution in [3.05, 3.63) is 21.6 Å². The van der Waals surface area contributed by atoms with E-state index in [9.17, 15) is 4.79 Å². The van der Waals surface area contributed by atoms with E-state index in [4.69, 9.17) is 11.6 Å². The Kier molecular flexibility index (Phi) is 2.72. The van der Waals surface area contributed by atoms with E-state index in [-0.39, 0.29) is 5.56 Å². The molecule has 1 aliphatic heterocycles. The van der Waals surface area contributed by atoms with E-state index < -0.39 is 0 Å². The largest absolute Gasteiger partial charge is 0.369 e. The van der Waals surface area contributed by atoms with Crippen LogP contribution in [-0.2, 0) is 0 Å². The van der Waals surface area contributed by atoms with Gasteiger partial charge in [0.15, 0.2) is 5.15 Å². The molecule has 0 unspecified atom stereocenters. The van der Waals surface area contributed by atoms with Gasteiger partial charge in [-0.2, -0.15) is 5.10 Å². The van der Waals surface area contributed by atoms with Gasteiger partial charge in [-0.1, -0.05) is 11.6 Å². The van der Waals surface area contributed by atoms with Crippen LogP contribution in [0.25, 0.3) is 0 Å². The van der Waals surface area contributed by atoms with E-state index in [1.54, 1.807) is 0 Å². The smallest absolute Gasteiger partial charge is 0.266 e. The number of aromatic nitrogens is 2. The SMILES string of the molecule is O=c1cc(N2CCCCC2)c(Cl)n[nH]1. The Labute approximate surface area is 86.9 Å². The summed E-state index contributed by atoms with van der Waals surface area (Å²) in [7, 11) is 0. The summed E-state index contributed by atoms with van der Waals surface area (Å²) in [4.78, 5) is 13.2. The summed E-state index contributed by atoms with van der Waals surface area (Å²) in [6.07, 6.45) is 3.57. The predicted molar refractivity (Wildman–Crippen MR) is 55.9 cm³/mol. The van der Waals surface area contributed by atoms with Gasteiger partial charge in [-0.15, -0.1) is 0 Å². The van der Waals surface area contributed by atoms with Crippen molar-refractivity contribution >= 4 is 17.3 Å². The Morgan fingerprint density at radius 3 is 2.79 bits per heavy atom. The van der Waals surface area contributed by atoms with Crippen molar-refractivity contribution in [3.8, 4) is 0 Å². The van der Waals surface area contributed by atoms with Crippen molar-refractivity contribution in [2.75, 3.05) is 18.0 Å². The summed E-state index contributed by atoms with van der Waals surface area (Å²) in [5.74, 6) is 0. The van der Waals surface area contributed by atoms with Crippen molar-refractivity contribution < 1.29 is 0 Å². The second-order valence-corrected chi connectivity index (χ2v) is 3.81. The third kappa shape index (κ3) is 1.90. The lowest BCUT2D eigenvalue weighted by Crippen LogP contribution is -2.30. The molecule has 1 fully saturated rings. The first-order valence-electron chi connectivity index (χ1n) is 4.77. The molecular formula is C9H12ClN3O. The lowest BCUT2D eigenvalue weighted by atomic mass is 10.1. The summed E-state index contributed by atoms with van der Waals surface area (Å²) in [5.41, 5.74) is 0.560. The lowest BCUT2D eigenvalue weighted by Gasteiger charge is -2.28. The van der Waals surface area contributed by atoms with Gasteiger partial charge >= 0.3 is 0 Å². The van der Waals surface area contributed by atoms with Gasteiger partial charge in [0.05, 0.1) is 5.69 Å². The third-order valence-corrected chi connectivity index (χ3v) is 2.72. The normalized spacial score (nSPS) is 17.1. The van der Waals surface area contributed by atoms with Crippen molar-refractivity contribution in [3.63, 3.8) is 0 Å². The van der Waals surface area contributed by atoms with Gasteiger partial charge in [0.1, 0.15) is 0 Å². The van der Waals surface area contributed by atoms with Gasteiger partial charge in [0, 0.05) is 19.2 Å². The van der Waals surface area contributed by atoms with Gasteiger partial charge in [0.25, 0.3) is 5.56 Å². The molecule has 2 heterocycles. The molecule has 0 aliphatic carbocycles. The Hall–Kier alpha value is -1.03. The first-order valence-corrected chi connectivity index (χ1v) is 5.15. The fourth-order valence-corrected chi connectivity index (χ4v) is 1.95. The fraction of sp³-hybridized carbons (Fsp3) is 0.556. The summed E-state index contributed by atoms with van der Waals surface area (Å²) in [6.45, 7) is 1.93. The first kappa shape index (κ1) is 9.52. The van der Waals surface area contributed by atoms with Crippen LogP contribution < -0.4 is 10.5 Å². The van der Waals surface area contributed by atoms with Gasteiger partial charge in [-0.05, 0) is 19.3 Å². The maximum absolute atomic E-state index is 11.1. The minimum Gasteiger partial charge on any atom is -0.369 e. The molecule has 1 aliphatic rings. The van der Waals surface area contributed by atoms with Crippen LogP contribution in [0.2, 0.25) is 5.15 Å². The molecule has 0 radical (unpaired) electrons. The average Bonchev–Trinajstić information content (AvgIpc) is 2.23. The summed E-state index contributed by atoms with van der Waals surface area (Å²) in [6, 6.07) is 1.51. The molecule has 14 heavy (non-hydrogen) atoms. The highest BCUT2D eigenvalue weighted by Gasteiger charge is 2.14. The Balaban J connectivity index is 2.29. The number of aromatic amines is 1. The standard InChI is InChI=1S/C9H12ClN3O/c10-9-7(6-8(14)11-12-9)13-4-2-1-3-5-13/h6H,1-5H2,(H,11,14). The number of rotatable bonds is 1. The molecule has 0 amide bonds. The van der Waals surface area contributed by atoms with Crippen LogP contribution in [0.4, 0.5) is 5.69 Å². The molecule has 4 nitrogen and oxygen atoms in total. The molecule has 1 N–H and O–H groups in total. The molecule has 1 aromatic rings. The van der Waals surface area contributed by atoms with Gasteiger partial charge in [0.2, 0.25) is 0 Å². The van der Waals surface area contributed by atoms with Gasteiger partial charge < -0.3 is 4.90 Å². The number of halogens is 1. The molecule has 2 rings (SSSR count). The summed E-state index contributed by atoms with van der Waals surface area (Å²) >= 11 is 5.91. The Morgan fingerprint density at radius 1 is 1.36 bits per heavy atom. The maximum atomic E-state index is 11.1. The molecule has 0 bridgehead atoms. The van der Waals surface area contributed by atoms with Crippen LogP contribution in [0, 0.1) is 0 Å². The number of hydrogen-bond donors (Lipinski definition) is 1. The molecule has 0 aromatic carbocycles. The minimum absolute atomic E-state index is 0.199. The summed E-state index contributed by atoms with van der Waals surface area (Å²) in [5, 5.41) is 6.44. The Morgan fingerprint density at radius 2 is 2.07 bits per heavy atom. The van der Waals surface area contributed by atoms with E-state index in [1.807, 2.05) is 0 Å². The van der Waals surface area contributed by atoms with Crippen molar-refractivity contribution in [2.45, 2.75) is 19.3 Å². The van der Waals surface area contributed by atoms with Crippen LogP contribution in [0.1, 0.15) is 19.3 Å². The fourth-order valence-electron chi connectivity index (χ4n) is 1.73. The van der Waals surface area contributed by atoms with Crippen LogP contribution in [-0.4, -0.2) is 23.3 Å². The molecule has 0 spiro atoms. The number of nitrogens with one attached hydrogen (secondary N) is 1. The quantitative estimate of drug-likeness (QED) is 0.768. The topological polar surface area (TPSA) is 49.0 Å². The monoisotopic (exact) mass is 213 g/mol. The van der Waals surface area contributed by atoms with Crippen molar-refractivity contribution in [2.24, 2.45) is 0 Å². The zero-order valence-corrected chi connectivity index (χ0v) is 8.55. The summed E-state index contributed by atoms with van der Waals surface area (Å²) < 4.78 is 0. The van der Waals surface area contributed by atoms with E-state index in [0.29, 0.717) is 5.15 Å². The van der Waals surface area contributed by atoms with Crippen LogP contribution in [0.3, 0.4) is 0 Å². The van der Waals surface area contributed by atoms with E-state index >= 15 is 0 Å². The van der Waals surface area contributed by atoms with Crippen molar-refractivity contribution in [1.29, 1.82) is 0 Å². The number of hydrogen-bond acceptors (Lipinski definition) is 3. The predicted octanol–water partition coefficient (Wildman–Crippen LogP) is 1.41. The van der Waals surface area contributed by atoms with E-state index in [1.165, 1.54) is 12.5 Å². The average molecular weight is 214 g/mol. The number of anilines is 1. The van der Waals surface area contributed by atoms with Gasteiger partial charge in [-0.25, -0.2) is 5.10 Å². The van der Waals surface area contributed by atoms with Gasteiger partial charge in [-0.3, -0.25) is 4.79 Å². The maximum Gasteiger partial charge on any atom is 0.266 e. The number of H-pyrrole nitrogens is 1. The highest BCUT2D eigenvalue weighted by molar-refractivity contribution is 6.31. The highest BCUT2D eigenvalue weighted by atomic mass is 35.5.